The van der Waals surface area contributed by atoms with Gasteiger partial charge in [-0.25, -0.2) is 4.79 Å². The first kappa shape index (κ1) is 21.9. The Hall–Kier alpha value is -2.41. The highest BCUT2D eigenvalue weighted by Crippen LogP contribution is 2.35. The fourth-order valence-corrected chi connectivity index (χ4v) is 2.95. The number of rotatable bonds is 6. The van der Waals surface area contributed by atoms with Gasteiger partial charge in [0.2, 0.25) is 5.91 Å². The minimum Gasteiger partial charge on any atom is -0.484 e. The molecule has 1 aliphatic heterocycles. The van der Waals surface area contributed by atoms with Crippen LogP contribution in [0.15, 0.2) is 18.2 Å². The zero-order chi connectivity index (χ0) is 21.2. The number of hydrogen-bond acceptors (Lipinski definition) is 6. The molecule has 0 saturated heterocycles. The third-order valence-corrected chi connectivity index (χ3v) is 5.01. The van der Waals surface area contributed by atoms with Crippen LogP contribution in [0, 0.1) is 5.92 Å². The van der Waals surface area contributed by atoms with Crippen molar-refractivity contribution in [3.63, 3.8) is 0 Å². The maximum Gasteiger partial charge on any atom is 0.328 e. The summed E-state index contributed by atoms with van der Waals surface area (Å²) in [6.45, 7) is 10.4. The molecular formula is C21H30N2O5. The van der Waals surface area contributed by atoms with Crippen LogP contribution in [-0.2, 0) is 20.7 Å². The van der Waals surface area contributed by atoms with Gasteiger partial charge in [0.1, 0.15) is 23.5 Å². The zero-order valence-corrected chi connectivity index (χ0v) is 17.4. The molecule has 0 radical (unpaired) electrons. The second-order valence-electron chi connectivity index (χ2n) is 8.21. The number of carbonyl (C=O) groups excluding carboxylic acids is 3. The summed E-state index contributed by atoms with van der Waals surface area (Å²) in [5.74, 6) is -0.362. The lowest BCUT2D eigenvalue weighted by atomic mass is 9.89. The molecule has 0 fully saturated rings. The van der Waals surface area contributed by atoms with Crippen LogP contribution in [0.1, 0.15) is 57.5 Å². The van der Waals surface area contributed by atoms with Crippen molar-refractivity contribution in [1.29, 1.82) is 0 Å². The Bertz CT molecular complexity index is 772. The summed E-state index contributed by atoms with van der Waals surface area (Å²) < 4.78 is 11.7. The summed E-state index contributed by atoms with van der Waals surface area (Å²) >= 11 is 0. The second-order valence-corrected chi connectivity index (χ2v) is 8.21. The Labute approximate surface area is 166 Å². The van der Waals surface area contributed by atoms with Crippen LogP contribution in [0.2, 0.25) is 0 Å². The molecule has 3 atom stereocenters. The molecule has 1 aromatic carbocycles. The van der Waals surface area contributed by atoms with E-state index in [2.05, 4.69) is 5.32 Å². The van der Waals surface area contributed by atoms with Crippen LogP contribution in [0.25, 0.3) is 0 Å². The van der Waals surface area contributed by atoms with Crippen LogP contribution in [-0.4, -0.2) is 41.4 Å². The maximum atomic E-state index is 12.5. The van der Waals surface area contributed by atoms with Crippen molar-refractivity contribution >= 4 is 17.7 Å². The number of esters is 1. The Morgan fingerprint density at radius 2 is 1.89 bits per heavy atom. The van der Waals surface area contributed by atoms with E-state index < -0.39 is 35.7 Å². The monoisotopic (exact) mass is 390 g/mol. The van der Waals surface area contributed by atoms with E-state index in [9.17, 15) is 14.4 Å². The largest absolute Gasteiger partial charge is 0.484 e. The summed E-state index contributed by atoms with van der Waals surface area (Å²) in [5, 5.41) is 2.60. The van der Waals surface area contributed by atoms with Gasteiger partial charge in [0.25, 0.3) is 0 Å². The Morgan fingerprint density at radius 1 is 1.25 bits per heavy atom. The summed E-state index contributed by atoms with van der Waals surface area (Å²) in [6.07, 6.45) is -0.144. The molecule has 1 heterocycles. The van der Waals surface area contributed by atoms with Crippen molar-refractivity contribution in [3.8, 4) is 5.75 Å². The van der Waals surface area contributed by atoms with Crippen LogP contribution < -0.4 is 15.8 Å². The van der Waals surface area contributed by atoms with Crippen molar-refractivity contribution < 1.29 is 23.9 Å². The molecule has 0 aromatic heterocycles. The van der Waals surface area contributed by atoms with E-state index in [1.165, 1.54) is 6.92 Å². The van der Waals surface area contributed by atoms with Crippen molar-refractivity contribution in [2.45, 2.75) is 71.8 Å². The van der Waals surface area contributed by atoms with Gasteiger partial charge >= 0.3 is 5.97 Å². The molecule has 1 unspecified atom stereocenters. The Kier molecular flexibility index (Phi) is 6.49. The van der Waals surface area contributed by atoms with E-state index in [4.69, 9.17) is 15.2 Å². The van der Waals surface area contributed by atoms with E-state index in [0.717, 1.165) is 5.56 Å². The van der Waals surface area contributed by atoms with E-state index in [-0.39, 0.29) is 11.7 Å². The number of amides is 1. The molecule has 7 nitrogen and oxygen atoms in total. The highest BCUT2D eigenvalue weighted by molar-refractivity contribution is 5.94. The number of fused-ring (bicyclic) bond motifs is 1. The van der Waals surface area contributed by atoms with Crippen molar-refractivity contribution in [2.24, 2.45) is 11.7 Å². The SMILES string of the molecule is CC(=O)c1ccc2c(c1)C[C@@H](OC(=O)[C@H](C)NC(=O)C(N)C(C)C)C(C)(C)O2. The van der Waals surface area contributed by atoms with E-state index in [1.807, 2.05) is 27.7 Å². The van der Waals surface area contributed by atoms with E-state index in [0.29, 0.717) is 17.7 Å². The van der Waals surface area contributed by atoms with Gasteiger partial charge in [0, 0.05) is 12.0 Å². The lowest BCUT2D eigenvalue weighted by molar-refractivity contribution is -0.164. The Morgan fingerprint density at radius 3 is 2.46 bits per heavy atom. The van der Waals surface area contributed by atoms with Crippen molar-refractivity contribution in [1.82, 2.24) is 5.32 Å². The molecule has 0 bridgehead atoms. The van der Waals surface area contributed by atoms with Crippen molar-refractivity contribution in [3.05, 3.63) is 29.3 Å². The molecule has 154 valence electrons. The fourth-order valence-electron chi connectivity index (χ4n) is 2.95. The molecule has 0 spiro atoms. The van der Waals surface area contributed by atoms with E-state index >= 15 is 0 Å². The number of hydrogen-bond donors (Lipinski definition) is 2. The van der Waals surface area contributed by atoms with E-state index in [1.54, 1.807) is 25.1 Å². The minimum atomic E-state index is -0.835. The van der Waals surface area contributed by atoms with Gasteiger partial charge in [-0.15, -0.1) is 0 Å². The molecule has 1 aliphatic rings. The summed E-state index contributed by atoms with van der Waals surface area (Å²) in [4.78, 5) is 36.2. The highest BCUT2D eigenvalue weighted by Gasteiger charge is 2.40. The average Bonchev–Trinajstić information content (AvgIpc) is 2.60. The Balaban J connectivity index is 2.10. The summed E-state index contributed by atoms with van der Waals surface area (Å²) in [6, 6.07) is 3.72. The lowest BCUT2D eigenvalue weighted by Crippen LogP contribution is -2.53. The standard InChI is InChI=1S/C21H30N2O5/c1-11(2)18(22)19(25)23-12(3)20(26)27-17-10-15-9-14(13(4)24)7-8-16(15)28-21(17,5)6/h7-9,11-12,17-18H,10,22H2,1-6H3,(H,23,25)/t12-,17+,18?/m0/s1. The predicted molar refractivity (Wildman–Crippen MR) is 105 cm³/mol. The smallest absolute Gasteiger partial charge is 0.328 e. The first-order valence-electron chi connectivity index (χ1n) is 9.51. The number of benzene rings is 1. The van der Waals surface area contributed by atoms with Crippen LogP contribution in [0.4, 0.5) is 0 Å². The average molecular weight is 390 g/mol. The number of carbonyl (C=O) groups is 3. The molecule has 1 amide bonds. The predicted octanol–water partition coefficient (Wildman–Crippen LogP) is 2.00. The normalized spacial score (nSPS) is 19.8. The first-order valence-corrected chi connectivity index (χ1v) is 9.51. The van der Waals surface area contributed by atoms with Gasteiger partial charge in [-0.3, -0.25) is 9.59 Å². The quantitative estimate of drug-likeness (QED) is 0.568. The van der Waals surface area contributed by atoms with Gasteiger partial charge in [-0.1, -0.05) is 13.8 Å². The van der Waals surface area contributed by atoms with Gasteiger partial charge in [-0.2, -0.15) is 0 Å². The highest BCUT2D eigenvalue weighted by atomic mass is 16.6. The minimum absolute atomic E-state index is 0.0409. The van der Waals surface area contributed by atoms with Gasteiger partial charge < -0.3 is 20.5 Å². The molecule has 3 N–H and O–H groups in total. The molecular weight excluding hydrogens is 360 g/mol. The molecule has 28 heavy (non-hydrogen) atoms. The second kappa shape index (κ2) is 8.31. The van der Waals surface area contributed by atoms with Gasteiger partial charge in [-0.05, 0) is 57.4 Å². The number of ketones is 1. The molecule has 2 rings (SSSR count). The topological polar surface area (TPSA) is 108 Å². The van der Waals surface area contributed by atoms with Crippen LogP contribution in [0.5, 0.6) is 5.75 Å². The number of nitrogens with one attached hydrogen (secondary N) is 1. The summed E-state index contributed by atoms with van der Waals surface area (Å²) in [5.41, 5.74) is 6.45. The first-order chi connectivity index (χ1) is 12.9. The van der Waals surface area contributed by atoms with Gasteiger partial charge in [0.15, 0.2) is 5.78 Å². The zero-order valence-electron chi connectivity index (χ0n) is 17.4. The summed E-state index contributed by atoms with van der Waals surface area (Å²) in [7, 11) is 0. The number of Topliss-reactive ketones (excluding diaryl/α,β-unsaturated/α-hetero) is 1. The molecule has 0 saturated carbocycles. The van der Waals surface area contributed by atoms with Crippen LogP contribution in [0.3, 0.4) is 0 Å². The third kappa shape index (κ3) is 4.90. The maximum absolute atomic E-state index is 12.5. The number of ether oxygens (including phenoxy) is 2. The van der Waals surface area contributed by atoms with Crippen molar-refractivity contribution in [2.75, 3.05) is 0 Å². The van der Waals surface area contributed by atoms with Gasteiger partial charge in [0.05, 0.1) is 6.04 Å². The third-order valence-electron chi connectivity index (χ3n) is 5.01. The fraction of sp³-hybridized carbons (Fsp3) is 0.571. The molecule has 0 aliphatic carbocycles. The van der Waals surface area contributed by atoms with Crippen LogP contribution >= 0.6 is 0 Å². The molecule has 7 heteroatoms. The lowest BCUT2D eigenvalue weighted by Gasteiger charge is -2.39. The molecule has 1 aromatic rings. The number of nitrogens with two attached hydrogens (primary N) is 1.